The van der Waals surface area contributed by atoms with Crippen LogP contribution in [0.5, 0.6) is 0 Å². The number of nitrogens with zero attached hydrogens (tertiary/aromatic N) is 4. The number of aryl methyl sites for hydroxylation is 1. The van der Waals surface area contributed by atoms with Gasteiger partial charge < -0.3 is 25.4 Å². The molecule has 0 unspecified atom stereocenters. The minimum Gasteiger partial charge on any atom is -0.479 e. The molecule has 42 heavy (non-hydrogen) atoms. The van der Waals surface area contributed by atoms with Crippen molar-refractivity contribution in [2.45, 2.75) is 102 Å². The first-order chi connectivity index (χ1) is 19.9. The zero-order valence-electron chi connectivity index (χ0n) is 24.6. The number of benzene rings is 1. The highest BCUT2D eigenvalue weighted by atomic mass is 16.6. The second-order valence-corrected chi connectivity index (χ2v) is 12.7. The van der Waals surface area contributed by atoms with Crippen molar-refractivity contribution < 1.29 is 29.0 Å². The Kier molecular flexibility index (Phi) is 8.00. The molecule has 3 amide bonds. The van der Waals surface area contributed by atoms with Crippen LogP contribution in [0, 0.1) is 12.8 Å². The number of carbonyl (C=O) groups is 4. The standard InChI is InChI=1S/C30H40N6O6/c1-18-12-13-21-23(14-18)34-36(33-21)20-15-24-25(37)32-30(27(39)40)16-19(30)10-8-6-5-7-9-11-22(26(38)35(24)17-20)31-28(41)42-29(2,3)4/h8,10,12-14,19-20,22,24H,5-7,9,11,15-17H2,1-4H3,(H,31,41)(H,32,37)(H,39,40)/b10-8-/t19-,20+,22-,24+,30+/m1/s1. The minimum atomic E-state index is -1.40. The van der Waals surface area contributed by atoms with E-state index in [0.29, 0.717) is 30.3 Å². The topological polar surface area (TPSA) is 156 Å². The van der Waals surface area contributed by atoms with Crippen molar-refractivity contribution >= 4 is 34.9 Å². The van der Waals surface area contributed by atoms with Crippen LogP contribution in [0.15, 0.2) is 30.4 Å². The van der Waals surface area contributed by atoms with Gasteiger partial charge in [-0.05, 0) is 71.1 Å². The highest BCUT2D eigenvalue weighted by Gasteiger charge is 2.61. The van der Waals surface area contributed by atoms with Crippen LogP contribution in [0.3, 0.4) is 0 Å². The maximum atomic E-state index is 14.1. The zero-order chi connectivity index (χ0) is 30.2. The molecule has 0 bridgehead atoms. The molecule has 0 radical (unpaired) electrons. The van der Waals surface area contributed by atoms with Gasteiger partial charge in [-0.25, -0.2) is 9.59 Å². The van der Waals surface area contributed by atoms with Crippen molar-refractivity contribution in [2.75, 3.05) is 6.54 Å². The largest absolute Gasteiger partial charge is 0.479 e. The zero-order valence-corrected chi connectivity index (χ0v) is 24.6. The quantitative estimate of drug-likeness (QED) is 0.467. The summed E-state index contributed by atoms with van der Waals surface area (Å²) in [6.45, 7) is 7.33. The average molecular weight is 581 g/mol. The summed E-state index contributed by atoms with van der Waals surface area (Å²) in [5.74, 6) is -2.36. The lowest BCUT2D eigenvalue weighted by atomic mass is 10.0. The maximum Gasteiger partial charge on any atom is 0.408 e. The molecule has 3 aliphatic rings. The molecular weight excluding hydrogens is 540 g/mol. The molecule has 5 atom stereocenters. The fraction of sp³-hybridized carbons (Fsp3) is 0.600. The highest BCUT2D eigenvalue weighted by molar-refractivity contribution is 5.96. The van der Waals surface area contributed by atoms with E-state index in [2.05, 4.69) is 20.8 Å². The van der Waals surface area contributed by atoms with Crippen LogP contribution in [0.2, 0.25) is 0 Å². The van der Waals surface area contributed by atoms with Crippen LogP contribution in [-0.4, -0.2) is 78.6 Å². The summed E-state index contributed by atoms with van der Waals surface area (Å²) in [5, 5.41) is 24.8. The number of ether oxygens (including phenoxy) is 1. The van der Waals surface area contributed by atoms with Crippen LogP contribution in [0.25, 0.3) is 11.0 Å². The number of carbonyl (C=O) groups excluding carboxylic acids is 3. The molecule has 1 saturated carbocycles. The predicted octanol–water partition coefficient (Wildman–Crippen LogP) is 3.25. The molecular formula is C30H40N6O6. The van der Waals surface area contributed by atoms with Gasteiger partial charge in [0.2, 0.25) is 11.8 Å². The van der Waals surface area contributed by atoms with Gasteiger partial charge in [0.15, 0.2) is 0 Å². The second kappa shape index (κ2) is 11.4. The lowest BCUT2D eigenvalue weighted by Gasteiger charge is -2.30. The van der Waals surface area contributed by atoms with Crippen LogP contribution < -0.4 is 10.6 Å². The Morgan fingerprint density at radius 2 is 1.90 bits per heavy atom. The van der Waals surface area contributed by atoms with E-state index in [1.54, 1.807) is 25.6 Å². The van der Waals surface area contributed by atoms with Crippen LogP contribution >= 0.6 is 0 Å². The number of alkyl carbamates (subject to hydrolysis) is 1. The molecule has 5 rings (SSSR count). The lowest BCUT2D eigenvalue weighted by molar-refractivity contribution is -0.145. The second-order valence-electron chi connectivity index (χ2n) is 12.7. The molecule has 2 aliphatic heterocycles. The Labute approximate surface area is 244 Å². The number of nitrogens with one attached hydrogen (secondary N) is 2. The van der Waals surface area contributed by atoms with Crippen LogP contribution in [0.4, 0.5) is 4.79 Å². The van der Waals surface area contributed by atoms with Gasteiger partial charge in [0.25, 0.3) is 0 Å². The number of carboxylic acid groups (broad SMARTS) is 1. The number of allylic oxidation sites excluding steroid dienone is 1. The van der Waals surface area contributed by atoms with Crippen molar-refractivity contribution in [3.8, 4) is 0 Å². The molecule has 226 valence electrons. The van der Waals surface area contributed by atoms with E-state index in [1.807, 2.05) is 37.3 Å². The van der Waals surface area contributed by atoms with E-state index < -0.39 is 53.1 Å². The molecule has 12 heteroatoms. The third-order valence-electron chi connectivity index (χ3n) is 8.21. The molecule has 2 fully saturated rings. The van der Waals surface area contributed by atoms with Gasteiger partial charge in [-0.15, -0.1) is 0 Å². The minimum absolute atomic E-state index is 0.132. The van der Waals surface area contributed by atoms with Crippen molar-refractivity contribution in [3.63, 3.8) is 0 Å². The first-order valence-corrected chi connectivity index (χ1v) is 14.7. The van der Waals surface area contributed by atoms with E-state index in [4.69, 9.17) is 4.74 Å². The van der Waals surface area contributed by atoms with Crippen LogP contribution in [-0.2, 0) is 19.1 Å². The Balaban J connectivity index is 1.46. The van der Waals surface area contributed by atoms with Gasteiger partial charge in [-0.1, -0.05) is 31.1 Å². The van der Waals surface area contributed by atoms with Gasteiger partial charge in [-0.2, -0.15) is 15.0 Å². The SMILES string of the molecule is Cc1ccc2nn([C@H]3C[C@H]4C(=O)N[C@@]5(C(=O)O)C[C@H]5/C=C\CCCCC[C@@H](NC(=O)OC(C)(C)C)C(=O)N4C3)nc2c1. The average Bonchev–Trinajstić information content (AvgIpc) is 3.22. The number of aliphatic carboxylic acids is 1. The van der Waals surface area contributed by atoms with Crippen molar-refractivity contribution in [3.05, 3.63) is 35.9 Å². The van der Waals surface area contributed by atoms with E-state index in [-0.39, 0.29) is 18.9 Å². The van der Waals surface area contributed by atoms with Gasteiger partial charge in [0.05, 0.1) is 6.04 Å². The first-order valence-electron chi connectivity index (χ1n) is 14.7. The van der Waals surface area contributed by atoms with Gasteiger partial charge in [0.1, 0.15) is 34.3 Å². The molecule has 1 saturated heterocycles. The van der Waals surface area contributed by atoms with Crippen molar-refractivity contribution in [2.24, 2.45) is 5.92 Å². The lowest BCUT2D eigenvalue weighted by Crippen LogP contribution is -2.56. The third-order valence-corrected chi connectivity index (χ3v) is 8.21. The predicted molar refractivity (Wildman–Crippen MR) is 153 cm³/mol. The summed E-state index contributed by atoms with van der Waals surface area (Å²) >= 11 is 0. The molecule has 2 aromatic rings. The fourth-order valence-electron chi connectivity index (χ4n) is 5.90. The number of aromatic nitrogens is 3. The number of rotatable bonds is 3. The number of hydrogen-bond acceptors (Lipinski definition) is 7. The molecule has 3 N–H and O–H groups in total. The van der Waals surface area contributed by atoms with E-state index in [0.717, 1.165) is 24.8 Å². The molecule has 12 nitrogen and oxygen atoms in total. The monoisotopic (exact) mass is 580 g/mol. The molecule has 1 aliphatic carbocycles. The van der Waals surface area contributed by atoms with E-state index in [9.17, 15) is 24.3 Å². The Bertz CT molecular complexity index is 1410. The first kappa shape index (κ1) is 29.5. The molecule has 1 aromatic heterocycles. The summed E-state index contributed by atoms with van der Waals surface area (Å²) < 4.78 is 5.44. The Hall–Kier alpha value is -3.96. The summed E-state index contributed by atoms with van der Waals surface area (Å²) in [7, 11) is 0. The van der Waals surface area contributed by atoms with Crippen molar-refractivity contribution in [1.82, 2.24) is 30.5 Å². The fourth-order valence-corrected chi connectivity index (χ4v) is 5.90. The normalized spacial score (nSPS) is 29.5. The maximum absolute atomic E-state index is 14.1. The summed E-state index contributed by atoms with van der Waals surface area (Å²) in [6, 6.07) is 3.43. The Morgan fingerprint density at radius 1 is 1.14 bits per heavy atom. The van der Waals surface area contributed by atoms with Crippen LogP contribution in [0.1, 0.15) is 77.3 Å². The summed E-state index contributed by atoms with van der Waals surface area (Å²) in [6.07, 6.45) is 7.14. The summed E-state index contributed by atoms with van der Waals surface area (Å²) in [5.41, 5.74) is 0.287. The number of fused-ring (bicyclic) bond motifs is 3. The highest BCUT2D eigenvalue weighted by Crippen LogP contribution is 2.45. The van der Waals surface area contributed by atoms with Crippen molar-refractivity contribution in [1.29, 1.82) is 0 Å². The smallest absolute Gasteiger partial charge is 0.408 e. The third kappa shape index (κ3) is 6.27. The van der Waals surface area contributed by atoms with Gasteiger partial charge in [0, 0.05) is 18.9 Å². The number of carboxylic acids is 1. The Morgan fingerprint density at radius 3 is 2.64 bits per heavy atom. The van der Waals surface area contributed by atoms with E-state index >= 15 is 0 Å². The summed E-state index contributed by atoms with van der Waals surface area (Å²) in [4.78, 5) is 55.9. The number of amides is 3. The van der Waals surface area contributed by atoms with Gasteiger partial charge >= 0.3 is 12.1 Å². The molecule has 1 aromatic carbocycles. The molecule has 3 heterocycles. The number of hydrogen-bond donors (Lipinski definition) is 3. The van der Waals surface area contributed by atoms with Gasteiger partial charge in [-0.3, -0.25) is 9.59 Å². The van der Waals surface area contributed by atoms with E-state index in [1.165, 1.54) is 4.90 Å². The molecule has 0 spiro atoms.